The van der Waals surface area contributed by atoms with Crippen LogP contribution in [0.25, 0.3) is 0 Å². The van der Waals surface area contributed by atoms with Gasteiger partial charge in [-0.3, -0.25) is 4.79 Å². The number of rotatable bonds is 7. The van der Waals surface area contributed by atoms with Crippen LogP contribution in [0.2, 0.25) is 0 Å². The predicted octanol–water partition coefficient (Wildman–Crippen LogP) is 5.37. The zero-order valence-corrected chi connectivity index (χ0v) is 20.5. The van der Waals surface area contributed by atoms with Gasteiger partial charge in [0, 0.05) is 44.1 Å². The lowest BCUT2D eigenvalue weighted by atomic mass is 9.76. The Kier molecular flexibility index (Phi) is 7.85. The van der Waals surface area contributed by atoms with E-state index >= 15 is 0 Å². The molecule has 2 aromatic carbocycles. The summed E-state index contributed by atoms with van der Waals surface area (Å²) in [7, 11) is 0. The van der Waals surface area contributed by atoms with Crippen LogP contribution in [0.1, 0.15) is 36.7 Å². The highest BCUT2D eigenvalue weighted by Crippen LogP contribution is 2.36. The Bertz CT molecular complexity index is 1210. The Balaban J connectivity index is 1.52. The number of ether oxygens (including phenoxy) is 1. The van der Waals surface area contributed by atoms with Crippen LogP contribution in [0.15, 0.2) is 67.0 Å². The van der Waals surface area contributed by atoms with Gasteiger partial charge in [-0.25, -0.2) is 9.78 Å². The number of carbonyl (C=O) groups is 2. The molecule has 0 radical (unpaired) electrons. The van der Waals surface area contributed by atoms with E-state index in [9.17, 15) is 22.8 Å². The van der Waals surface area contributed by atoms with Gasteiger partial charge in [0.1, 0.15) is 5.82 Å². The van der Waals surface area contributed by atoms with Crippen LogP contribution in [-0.2, 0) is 28.7 Å². The van der Waals surface area contributed by atoms with Gasteiger partial charge < -0.3 is 19.5 Å². The molecule has 1 aliphatic heterocycles. The number of nitrogens with one attached hydrogen (secondary N) is 1. The van der Waals surface area contributed by atoms with E-state index in [4.69, 9.17) is 4.74 Å². The van der Waals surface area contributed by atoms with Crippen LogP contribution < -0.4 is 5.32 Å². The van der Waals surface area contributed by atoms with Gasteiger partial charge in [0.25, 0.3) is 0 Å². The molecule has 1 fully saturated rings. The van der Waals surface area contributed by atoms with Crippen LogP contribution >= 0.6 is 0 Å². The van der Waals surface area contributed by atoms with Gasteiger partial charge in [0.05, 0.1) is 17.6 Å². The smallest absolute Gasteiger partial charge is 0.416 e. The number of esters is 1. The topological polar surface area (TPSA) is 76.5 Å². The lowest BCUT2D eigenvalue weighted by molar-refractivity contribution is -0.158. The van der Waals surface area contributed by atoms with Crippen molar-refractivity contribution in [1.82, 2.24) is 14.5 Å². The lowest BCUT2D eigenvalue weighted by Crippen LogP contribution is -2.53. The number of hydrogen-bond donors (Lipinski definition) is 1. The van der Waals surface area contributed by atoms with Crippen molar-refractivity contribution in [2.75, 3.05) is 25.0 Å². The number of alkyl halides is 3. The minimum Gasteiger partial charge on any atom is -0.466 e. The van der Waals surface area contributed by atoms with Crippen molar-refractivity contribution in [1.29, 1.82) is 0 Å². The number of benzene rings is 2. The monoisotopic (exact) mass is 514 g/mol. The molecule has 0 aliphatic carbocycles. The van der Waals surface area contributed by atoms with Crippen LogP contribution in [0.3, 0.4) is 0 Å². The highest BCUT2D eigenvalue weighted by atomic mass is 19.4. The zero-order valence-electron chi connectivity index (χ0n) is 20.5. The van der Waals surface area contributed by atoms with E-state index < -0.39 is 29.2 Å². The Hall–Kier alpha value is -3.82. The van der Waals surface area contributed by atoms with E-state index in [2.05, 4.69) is 10.3 Å². The molecule has 10 heteroatoms. The van der Waals surface area contributed by atoms with Gasteiger partial charge in [-0.05, 0) is 49.6 Å². The van der Waals surface area contributed by atoms with Gasteiger partial charge >= 0.3 is 18.2 Å². The number of carbonyl (C=O) groups excluding carboxylic acids is 2. The summed E-state index contributed by atoms with van der Waals surface area (Å²) >= 11 is 0. The Morgan fingerprint density at radius 1 is 1.11 bits per heavy atom. The average molecular weight is 515 g/mol. The average Bonchev–Trinajstić information content (AvgIpc) is 3.30. The van der Waals surface area contributed by atoms with Crippen molar-refractivity contribution in [2.45, 2.75) is 38.9 Å². The third kappa shape index (κ3) is 6.31. The molecule has 7 nitrogen and oxygen atoms in total. The molecule has 1 saturated heterocycles. The van der Waals surface area contributed by atoms with Gasteiger partial charge in [0.2, 0.25) is 0 Å². The maximum atomic E-state index is 13.2. The molecule has 1 atom stereocenters. The fourth-order valence-corrected chi connectivity index (χ4v) is 4.65. The van der Waals surface area contributed by atoms with Crippen molar-refractivity contribution in [3.63, 3.8) is 0 Å². The van der Waals surface area contributed by atoms with Gasteiger partial charge in [-0.15, -0.1) is 0 Å². The minimum absolute atomic E-state index is 0.108. The summed E-state index contributed by atoms with van der Waals surface area (Å²) < 4.78 is 46.0. The number of amides is 2. The van der Waals surface area contributed by atoms with Crippen LogP contribution in [0, 0.1) is 5.41 Å². The quantitative estimate of drug-likeness (QED) is 0.430. The fraction of sp³-hybridized carbons (Fsp3) is 0.370. The molecule has 2 amide bonds. The highest BCUT2D eigenvalue weighted by molar-refractivity contribution is 5.90. The summed E-state index contributed by atoms with van der Waals surface area (Å²) in [6, 6.07) is 13.7. The third-order valence-electron chi connectivity index (χ3n) is 6.53. The molecule has 0 saturated carbocycles. The first-order valence-corrected chi connectivity index (χ1v) is 12.1. The van der Waals surface area contributed by atoms with Crippen molar-refractivity contribution in [2.24, 2.45) is 5.41 Å². The summed E-state index contributed by atoms with van der Waals surface area (Å²) in [5, 5.41) is 2.65. The summed E-state index contributed by atoms with van der Waals surface area (Å²) in [5.41, 5.74) is -0.460. The van der Waals surface area contributed by atoms with Gasteiger partial charge in [-0.2, -0.15) is 13.2 Å². The second-order valence-electron chi connectivity index (χ2n) is 9.16. The molecule has 1 N–H and O–H groups in total. The number of piperidine rings is 1. The predicted molar refractivity (Wildman–Crippen MR) is 132 cm³/mol. The Morgan fingerprint density at radius 3 is 2.51 bits per heavy atom. The third-order valence-corrected chi connectivity index (χ3v) is 6.53. The first-order chi connectivity index (χ1) is 17.7. The van der Waals surface area contributed by atoms with Gasteiger partial charge in [-0.1, -0.05) is 30.3 Å². The van der Waals surface area contributed by atoms with E-state index in [-0.39, 0.29) is 25.3 Å². The fourth-order valence-electron chi connectivity index (χ4n) is 4.65. The maximum Gasteiger partial charge on any atom is 0.416 e. The van der Waals surface area contributed by atoms with Crippen molar-refractivity contribution >= 4 is 17.7 Å². The molecule has 0 spiro atoms. The van der Waals surface area contributed by atoms with Crippen LogP contribution in [-0.4, -0.2) is 46.1 Å². The van der Waals surface area contributed by atoms with Crippen molar-refractivity contribution < 1.29 is 27.5 Å². The normalized spacial score (nSPS) is 17.9. The molecule has 1 aromatic heterocycles. The van der Waals surface area contributed by atoms with Crippen molar-refractivity contribution in [3.05, 3.63) is 83.9 Å². The second kappa shape index (κ2) is 11.1. The molecule has 0 bridgehead atoms. The Morgan fingerprint density at radius 2 is 1.84 bits per heavy atom. The number of halogens is 3. The number of likely N-dealkylation sites (tertiary alicyclic amines) is 1. The molecule has 4 rings (SSSR count). The maximum absolute atomic E-state index is 13.2. The Labute approximate surface area is 213 Å². The number of nitrogens with zero attached hydrogens (tertiary/aromatic N) is 3. The highest BCUT2D eigenvalue weighted by Gasteiger charge is 2.46. The van der Waals surface area contributed by atoms with E-state index in [1.807, 2.05) is 41.1 Å². The number of urea groups is 1. The SMILES string of the molecule is CCOC(=O)C1(Cc2nccn2Cc2ccccc2)CCCN(C(=O)Nc2ccc(C(F)(F)F)cc2)C1. The number of hydrogen-bond acceptors (Lipinski definition) is 4. The molecule has 2 heterocycles. The van der Waals surface area contributed by atoms with E-state index in [0.717, 1.165) is 17.7 Å². The van der Waals surface area contributed by atoms with E-state index in [1.165, 1.54) is 17.0 Å². The van der Waals surface area contributed by atoms with Crippen molar-refractivity contribution in [3.8, 4) is 0 Å². The van der Waals surface area contributed by atoms with Gasteiger partial charge in [0.15, 0.2) is 0 Å². The summed E-state index contributed by atoms with van der Waals surface area (Å²) in [6.45, 7) is 3.05. The van der Waals surface area contributed by atoms with Crippen LogP contribution in [0.4, 0.5) is 23.7 Å². The molecule has 1 aliphatic rings. The number of imidazole rings is 1. The summed E-state index contributed by atoms with van der Waals surface area (Å²) in [6.07, 6.45) is 0.470. The molecular formula is C27H29F3N4O3. The zero-order chi connectivity index (χ0) is 26.5. The van der Waals surface area contributed by atoms with E-state index in [0.29, 0.717) is 31.8 Å². The molecular weight excluding hydrogens is 485 g/mol. The standard InChI is InChI=1S/C27H29F3N4O3/c1-2-37-24(35)26(17-23-31-14-16-33(23)18-20-7-4-3-5-8-20)13-6-15-34(19-26)25(36)32-22-11-9-21(10-12-22)27(28,29)30/h3-5,7-12,14,16H,2,6,13,15,17-19H2,1H3,(H,32,36). The molecule has 37 heavy (non-hydrogen) atoms. The first-order valence-electron chi connectivity index (χ1n) is 12.1. The lowest BCUT2D eigenvalue weighted by Gasteiger charge is -2.40. The molecule has 196 valence electrons. The van der Waals surface area contributed by atoms with E-state index in [1.54, 1.807) is 13.1 Å². The first kappa shape index (κ1) is 26.2. The summed E-state index contributed by atoms with van der Waals surface area (Å²) in [5.74, 6) is 0.318. The molecule has 3 aromatic rings. The minimum atomic E-state index is -4.46. The summed E-state index contributed by atoms with van der Waals surface area (Å²) in [4.78, 5) is 32.3. The van der Waals surface area contributed by atoms with Crippen LogP contribution in [0.5, 0.6) is 0 Å². The largest absolute Gasteiger partial charge is 0.466 e. The number of anilines is 1. The second-order valence-corrected chi connectivity index (χ2v) is 9.16. The number of aromatic nitrogens is 2. The molecule has 1 unspecified atom stereocenters.